The van der Waals surface area contributed by atoms with Gasteiger partial charge in [0, 0.05) is 13.7 Å². The lowest BCUT2D eigenvalue weighted by atomic mass is 10.2. The first-order valence-corrected chi connectivity index (χ1v) is 4.05. The Morgan fingerprint density at radius 1 is 1.70 bits per heavy atom. The normalized spacial score (nSPS) is 36.0. The van der Waals surface area contributed by atoms with Gasteiger partial charge in [-0.05, 0) is 30.6 Å². The minimum absolute atomic E-state index is 0.350. The molecule has 2 rings (SSSR count). The number of methoxy groups -OCH3 is 1. The lowest BCUT2D eigenvalue weighted by Crippen LogP contribution is -2.25. The van der Waals surface area contributed by atoms with Crippen LogP contribution in [0.5, 0.6) is 0 Å². The zero-order valence-electron chi connectivity index (χ0n) is 6.47. The van der Waals surface area contributed by atoms with Gasteiger partial charge in [0.25, 0.3) is 0 Å². The maximum Gasteiger partial charge on any atom is 0.0727 e. The van der Waals surface area contributed by atoms with E-state index < -0.39 is 0 Å². The molecule has 0 heterocycles. The minimum atomic E-state index is 0.350. The summed E-state index contributed by atoms with van der Waals surface area (Å²) in [7, 11) is 1.77. The van der Waals surface area contributed by atoms with Crippen molar-refractivity contribution >= 4 is 0 Å². The summed E-state index contributed by atoms with van der Waals surface area (Å²) in [4.78, 5) is 0. The Labute approximate surface area is 61.7 Å². The third-order valence-corrected chi connectivity index (χ3v) is 3.13. The highest BCUT2D eigenvalue weighted by atomic mass is 16.5. The molecule has 0 aromatic heterocycles. The highest BCUT2D eigenvalue weighted by Crippen LogP contribution is 2.71. The molecule has 0 aromatic rings. The molecule has 2 aliphatic rings. The first-order valence-electron chi connectivity index (χ1n) is 4.05. The second-order valence-electron chi connectivity index (χ2n) is 3.68. The predicted octanol–water partition coefficient (Wildman–Crippen LogP) is 0.760. The summed E-state index contributed by atoms with van der Waals surface area (Å²) in [5.41, 5.74) is 6.28. The van der Waals surface area contributed by atoms with E-state index in [1.165, 1.54) is 19.3 Å². The van der Waals surface area contributed by atoms with E-state index in [1.807, 2.05) is 0 Å². The third kappa shape index (κ3) is 0.789. The quantitative estimate of drug-likeness (QED) is 0.629. The SMILES string of the molecule is COC(CN)C1CC12CC2. The smallest absolute Gasteiger partial charge is 0.0727 e. The summed E-state index contributed by atoms with van der Waals surface area (Å²) in [6.45, 7) is 0.697. The van der Waals surface area contributed by atoms with Gasteiger partial charge >= 0.3 is 0 Å². The zero-order chi connectivity index (χ0) is 7.19. The zero-order valence-corrected chi connectivity index (χ0v) is 6.47. The summed E-state index contributed by atoms with van der Waals surface area (Å²) in [5, 5.41) is 0. The summed E-state index contributed by atoms with van der Waals surface area (Å²) < 4.78 is 5.27. The van der Waals surface area contributed by atoms with Gasteiger partial charge in [0.1, 0.15) is 0 Å². The predicted molar refractivity (Wildman–Crippen MR) is 39.6 cm³/mol. The van der Waals surface area contributed by atoms with Crippen molar-refractivity contribution in [2.75, 3.05) is 13.7 Å². The third-order valence-electron chi connectivity index (χ3n) is 3.13. The maximum absolute atomic E-state index is 5.55. The van der Waals surface area contributed by atoms with Crippen molar-refractivity contribution in [3.05, 3.63) is 0 Å². The molecule has 0 aromatic carbocycles. The fourth-order valence-corrected chi connectivity index (χ4v) is 2.07. The summed E-state index contributed by atoms with van der Waals surface area (Å²) in [6, 6.07) is 0. The van der Waals surface area contributed by atoms with Crippen LogP contribution in [0.1, 0.15) is 19.3 Å². The van der Waals surface area contributed by atoms with E-state index in [-0.39, 0.29) is 0 Å². The number of hydrogen-bond donors (Lipinski definition) is 1. The first-order chi connectivity index (χ1) is 4.82. The van der Waals surface area contributed by atoms with Crippen LogP contribution in [-0.2, 0) is 4.74 Å². The van der Waals surface area contributed by atoms with Crippen molar-refractivity contribution in [1.82, 2.24) is 0 Å². The van der Waals surface area contributed by atoms with Gasteiger partial charge in [0.05, 0.1) is 6.10 Å². The molecule has 1 spiro atoms. The fraction of sp³-hybridized carbons (Fsp3) is 1.00. The van der Waals surface area contributed by atoms with Crippen LogP contribution < -0.4 is 5.73 Å². The van der Waals surface area contributed by atoms with Crippen molar-refractivity contribution in [3.63, 3.8) is 0 Å². The molecular formula is C8H15NO. The van der Waals surface area contributed by atoms with Gasteiger partial charge in [-0.3, -0.25) is 0 Å². The van der Waals surface area contributed by atoms with Crippen LogP contribution in [0.15, 0.2) is 0 Å². The molecule has 2 N–H and O–H groups in total. The molecule has 2 saturated carbocycles. The van der Waals surface area contributed by atoms with Gasteiger partial charge < -0.3 is 10.5 Å². The van der Waals surface area contributed by atoms with Crippen molar-refractivity contribution in [3.8, 4) is 0 Å². The van der Waals surface area contributed by atoms with Gasteiger partial charge in [-0.15, -0.1) is 0 Å². The average molecular weight is 141 g/mol. The second-order valence-corrected chi connectivity index (χ2v) is 3.68. The number of rotatable bonds is 3. The summed E-state index contributed by atoms with van der Waals surface area (Å²) >= 11 is 0. The Balaban J connectivity index is 1.88. The molecule has 2 heteroatoms. The Morgan fingerprint density at radius 2 is 2.40 bits per heavy atom. The molecule has 10 heavy (non-hydrogen) atoms. The Hall–Kier alpha value is -0.0800. The number of ether oxygens (including phenoxy) is 1. The lowest BCUT2D eigenvalue weighted by molar-refractivity contribution is 0.0854. The molecule has 0 aliphatic heterocycles. The van der Waals surface area contributed by atoms with E-state index in [4.69, 9.17) is 10.5 Å². The van der Waals surface area contributed by atoms with Gasteiger partial charge in [-0.1, -0.05) is 0 Å². The average Bonchev–Trinajstić information content (AvgIpc) is 2.81. The topological polar surface area (TPSA) is 35.2 Å². The maximum atomic E-state index is 5.55. The van der Waals surface area contributed by atoms with Crippen molar-refractivity contribution < 1.29 is 4.74 Å². The van der Waals surface area contributed by atoms with E-state index in [1.54, 1.807) is 7.11 Å². The van der Waals surface area contributed by atoms with Crippen molar-refractivity contribution in [1.29, 1.82) is 0 Å². The highest BCUT2D eigenvalue weighted by molar-refractivity contribution is 5.14. The van der Waals surface area contributed by atoms with E-state index >= 15 is 0 Å². The molecule has 0 saturated heterocycles. The molecular weight excluding hydrogens is 126 g/mol. The standard InChI is InChI=1S/C8H15NO/c1-10-7(5-9)6-4-8(6)2-3-8/h6-7H,2-5,9H2,1H3. The summed E-state index contributed by atoms with van der Waals surface area (Å²) in [6.07, 6.45) is 4.58. The van der Waals surface area contributed by atoms with Crippen LogP contribution >= 0.6 is 0 Å². The van der Waals surface area contributed by atoms with E-state index in [9.17, 15) is 0 Å². The number of nitrogens with two attached hydrogens (primary N) is 1. The fourth-order valence-electron chi connectivity index (χ4n) is 2.07. The second kappa shape index (κ2) is 1.95. The van der Waals surface area contributed by atoms with Gasteiger partial charge in [0.2, 0.25) is 0 Å². The van der Waals surface area contributed by atoms with Crippen LogP contribution in [0.25, 0.3) is 0 Å². The van der Waals surface area contributed by atoms with Crippen LogP contribution in [0.2, 0.25) is 0 Å². The molecule has 2 fully saturated rings. The Kier molecular flexibility index (Phi) is 1.29. The minimum Gasteiger partial charge on any atom is -0.380 e. The van der Waals surface area contributed by atoms with Crippen LogP contribution in [-0.4, -0.2) is 19.8 Å². The van der Waals surface area contributed by atoms with E-state index in [0.717, 1.165) is 11.3 Å². The van der Waals surface area contributed by atoms with Crippen LogP contribution in [0.3, 0.4) is 0 Å². The van der Waals surface area contributed by atoms with E-state index in [0.29, 0.717) is 12.6 Å². The highest BCUT2D eigenvalue weighted by Gasteiger charge is 2.64. The van der Waals surface area contributed by atoms with E-state index in [2.05, 4.69) is 0 Å². The van der Waals surface area contributed by atoms with Crippen LogP contribution in [0, 0.1) is 11.3 Å². The molecule has 58 valence electrons. The Morgan fingerprint density at radius 3 is 2.70 bits per heavy atom. The van der Waals surface area contributed by atoms with Crippen LogP contribution in [0.4, 0.5) is 0 Å². The van der Waals surface area contributed by atoms with Gasteiger partial charge in [-0.2, -0.15) is 0 Å². The Bertz CT molecular complexity index is 138. The summed E-state index contributed by atoms with van der Waals surface area (Å²) in [5.74, 6) is 0.808. The van der Waals surface area contributed by atoms with Crippen molar-refractivity contribution in [2.45, 2.75) is 25.4 Å². The largest absolute Gasteiger partial charge is 0.380 e. The molecule has 2 unspecified atom stereocenters. The monoisotopic (exact) mass is 141 g/mol. The molecule has 0 bridgehead atoms. The van der Waals surface area contributed by atoms with Gasteiger partial charge in [0.15, 0.2) is 0 Å². The van der Waals surface area contributed by atoms with Gasteiger partial charge in [-0.25, -0.2) is 0 Å². The lowest BCUT2D eigenvalue weighted by Gasteiger charge is -2.11. The first kappa shape index (κ1) is 6.62. The molecule has 2 aliphatic carbocycles. The van der Waals surface area contributed by atoms with Crippen molar-refractivity contribution in [2.24, 2.45) is 17.1 Å². The number of hydrogen-bond acceptors (Lipinski definition) is 2. The molecule has 0 amide bonds. The molecule has 0 radical (unpaired) electrons. The molecule has 2 atom stereocenters. The molecule has 2 nitrogen and oxygen atoms in total.